The normalized spacial score (nSPS) is 14.5. The molecule has 206 valence electrons. The number of nitrogens with one attached hydrogen (secondary N) is 1. The Labute approximate surface area is 223 Å². The van der Waals surface area contributed by atoms with Crippen LogP contribution in [0.4, 0.5) is 11.4 Å². The molecule has 0 heterocycles. The van der Waals surface area contributed by atoms with Crippen LogP contribution in [0.5, 0.6) is 5.75 Å². The molecule has 11 nitrogen and oxygen atoms in total. The van der Waals surface area contributed by atoms with Crippen LogP contribution >= 0.6 is 0 Å². The molecule has 0 aromatic heterocycles. The number of anilines is 1. The van der Waals surface area contributed by atoms with Crippen molar-refractivity contribution in [2.45, 2.75) is 58.2 Å². The van der Waals surface area contributed by atoms with Gasteiger partial charge in [0.05, 0.1) is 18.3 Å². The van der Waals surface area contributed by atoms with Crippen molar-refractivity contribution < 1.29 is 27.7 Å². The summed E-state index contributed by atoms with van der Waals surface area (Å²) in [4.78, 5) is 38.9. The highest BCUT2D eigenvalue weighted by molar-refractivity contribution is 7.92. The molecule has 1 fully saturated rings. The van der Waals surface area contributed by atoms with Gasteiger partial charge in [-0.1, -0.05) is 42.7 Å². The van der Waals surface area contributed by atoms with Crippen LogP contribution in [0.1, 0.15) is 43.7 Å². The number of methoxy groups -OCH3 is 1. The molecule has 3 rings (SSSR count). The average molecular weight is 547 g/mol. The Kier molecular flexibility index (Phi) is 9.31. The number of carbonyl (C=O) groups excluding carboxylic acids is 2. The van der Waals surface area contributed by atoms with E-state index in [0.29, 0.717) is 0 Å². The third-order valence-corrected chi connectivity index (χ3v) is 7.79. The van der Waals surface area contributed by atoms with Gasteiger partial charge in [-0.3, -0.25) is 24.0 Å². The zero-order valence-electron chi connectivity index (χ0n) is 22.0. The van der Waals surface area contributed by atoms with Gasteiger partial charge in [-0.05, 0) is 38.3 Å². The summed E-state index contributed by atoms with van der Waals surface area (Å²) >= 11 is 0. The van der Waals surface area contributed by atoms with Gasteiger partial charge in [0.15, 0.2) is 0 Å². The maximum absolute atomic E-state index is 13.7. The molecule has 12 heteroatoms. The first-order valence-electron chi connectivity index (χ1n) is 12.4. The van der Waals surface area contributed by atoms with Crippen molar-refractivity contribution in [1.82, 2.24) is 10.2 Å². The molecule has 1 atom stereocenters. The quantitative estimate of drug-likeness (QED) is 0.337. The molecule has 0 spiro atoms. The standard InChI is InChI=1S/C26H34N4O7S/c1-18-9-11-20(12-10-18)16-28(19(2)26(32)27-21-7-5-6-8-21)25(31)17-29(38(4,35)36)23-15-22(30(33)34)13-14-24(23)37-3/h9-15,19,21H,5-8,16-17H2,1-4H3,(H,27,32)/t19-/m1/s1. The number of carbonyl (C=O) groups is 2. The lowest BCUT2D eigenvalue weighted by molar-refractivity contribution is -0.384. The fourth-order valence-electron chi connectivity index (χ4n) is 4.45. The number of rotatable bonds is 11. The molecule has 2 aromatic rings. The smallest absolute Gasteiger partial charge is 0.271 e. The van der Waals surface area contributed by atoms with Crippen LogP contribution in [0.15, 0.2) is 42.5 Å². The SMILES string of the molecule is COc1ccc([N+](=O)[O-])cc1N(CC(=O)N(Cc1ccc(C)cc1)[C@H](C)C(=O)NC1CCCC1)S(C)(=O)=O. The second-order valence-electron chi connectivity index (χ2n) is 9.56. The average Bonchev–Trinajstić information content (AvgIpc) is 3.38. The highest BCUT2D eigenvalue weighted by Crippen LogP contribution is 2.34. The van der Waals surface area contributed by atoms with Gasteiger partial charge >= 0.3 is 0 Å². The third kappa shape index (κ3) is 7.21. The van der Waals surface area contributed by atoms with E-state index in [9.17, 15) is 28.1 Å². The van der Waals surface area contributed by atoms with E-state index >= 15 is 0 Å². The highest BCUT2D eigenvalue weighted by Gasteiger charge is 2.32. The van der Waals surface area contributed by atoms with E-state index in [1.165, 1.54) is 24.1 Å². The number of nitro benzene ring substituents is 1. The van der Waals surface area contributed by atoms with Crippen LogP contribution in [-0.4, -0.2) is 62.0 Å². The molecular formula is C26H34N4O7S. The van der Waals surface area contributed by atoms with Crippen LogP contribution < -0.4 is 14.4 Å². The summed E-state index contributed by atoms with van der Waals surface area (Å²) in [5.74, 6) is -0.916. The van der Waals surface area contributed by atoms with Crippen molar-refractivity contribution in [1.29, 1.82) is 0 Å². The predicted octanol–water partition coefficient (Wildman–Crippen LogP) is 3.15. The zero-order chi connectivity index (χ0) is 28.0. The Morgan fingerprint density at radius 2 is 1.79 bits per heavy atom. The fourth-order valence-corrected chi connectivity index (χ4v) is 5.29. The van der Waals surface area contributed by atoms with E-state index in [4.69, 9.17) is 4.74 Å². The number of hydrogen-bond acceptors (Lipinski definition) is 7. The van der Waals surface area contributed by atoms with Crippen molar-refractivity contribution in [3.63, 3.8) is 0 Å². The molecule has 0 aliphatic heterocycles. The number of nitrogens with zero attached hydrogens (tertiary/aromatic N) is 3. The monoisotopic (exact) mass is 546 g/mol. The lowest BCUT2D eigenvalue weighted by Gasteiger charge is -2.32. The van der Waals surface area contributed by atoms with Crippen LogP contribution in [-0.2, 0) is 26.2 Å². The van der Waals surface area contributed by atoms with E-state index in [-0.39, 0.29) is 35.6 Å². The largest absolute Gasteiger partial charge is 0.495 e. The topological polar surface area (TPSA) is 139 Å². The van der Waals surface area contributed by atoms with Gasteiger partial charge in [-0.25, -0.2) is 8.42 Å². The summed E-state index contributed by atoms with van der Waals surface area (Å²) in [6.45, 7) is 2.93. The van der Waals surface area contributed by atoms with Crippen LogP contribution in [0.25, 0.3) is 0 Å². The van der Waals surface area contributed by atoms with Gasteiger partial charge < -0.3 is 15.0 Å². The lowest BCUT2D eigenvalue weighted by Crippen LogP contribution is -2.52. The van der Waals surface area contributed by atoms with Crippen molar-refractivity contribution in [3.05, 3.63) is 63.7 Å². The van der Waals surface area contributed by atoms with Crippen LogP contribution in [0, 0.1) is 17.0 Å². The molecule has 1 saturated carbocycles. The first kappa shape index (κ1) is 28.9. The molecule has 0 saturated heterocycles. The minimum absolute atomic E-state index is 0.0444. The Balaban J connectivity index is 1.96. The molecule has 2 amide bonds. The third-order valence-electron chi connectivity index (χ3n) is 6.66. The number of nitro groups is 1. The molecule has 38 heavy (non-hydrogen) atoms. The van der Waals surface area contributed by atoms with Crippen molar-refractivity contribution >= 4 is 33.2 Å². The molecule has 1 aliphatic carbocycles. The number of amides is 2. The number of non-ortho nitro benzene ring substituents is 1. The number of sulfonamides is 1. The molecule has 2 aromatic carbocycles. The molecule has 0 bridgehead atoms. The van der Waals surface area contributed by atoms with Crippen molar-refractivity contribution in [2.75, 3.05) is 24.2 Å². The summed E-state index contributed by atoms with van der Waals surface area (Å²) in [5.41, 5.74) is 1.29. The number of ether oxygens (including phenoxy) is 1. The van der Waals surface area contributed by atoms with Gasteiger partial charge in [-0.15, -0.1) is 0 Å². The number of hydrogen-bond donors (Lipinski definition) is 1. The van der Waals surface area contributed by atoms with E-state index in [1.807, 2.05) is 31.2 Å². The van der Waals surface area contributed by atoms with Crippen LogP contribution in [0.3, 0.4) is 0 Å². The maximum atomic E-state index is 13.7. The summed E-state index contributed by atoms with van der Waals surface area (Å²) in [7, 11) is -2.78. The Bertz CT molecular complexity index is 1280. The van der Waals surface area contributed by atoms with E-state index in [1.54, 1.807) is 6.92 Å². The zero-order valence-corrected chi connectivity index (χ0v) is 22.9. The second kappa shape index (κ2) is 12.2. The number of benzene rings is 2. The van der Waals surface area contributed by atoms with Gasteiger partial charge in [0.25, 0.3) is 5.69 Å². The highest BCUT2D eigenvalue weighted by atomic mass is 32.2. The second-order valence-corrected chi connectivity index (χ2v) is 11.5. The summed E-state index contributed by atoms with van der Waals surface area (Å²) in [5, 5.41) is 14.4. The molecular weight excluding hydrogens is 512 g/mol. The first-order chi connectivity index (χ1) is 17.9. The van der Waals surface area contributed by atoms with Gasteiger partial charge in [-0.2, -0.15) is 0 Å². The molecule has 0 unspecified atom stereocenters. The van der Waals surface area contributed by atoms with Gasteiger partial charge in [0.2, 0.25) is 21.8 Å². The van der Waals surface area contributed by atoms with Gasteiger partial charge in [0.1, 0.15) is 24.0 Å². The first-order valence-corrected chi connectivity index (χ1v) is 14.2. The minimum Gasteiger partial charge on any atom is -0.495 e. The molecule has 0 radical (unpaired) electrons. The van der Waals surface area contributed by atoms with E-state index in [0.717, 1.165) is 53.4 Å². The van der Waals surface area contributed by atoms with Crippen molar-refractivity contribution in [2.24, 2.45) is 0 Å². The number of aryl methyl sites for hydroxylation is 1. The Morgan fingerprint density at radius 1 is 1.16 bits per heavy atom. The molecule has 1 aliphatic rings. The molecule has 1 N–H and O–H groups in total. The summed E-state index contributed by atoms with van der Waals surface area (Å²) in [6.07, 6.45) is 4.70. The fraction of sp³-hybridized carbons (Fsp3) is 0.462. The van der Waals surface area contributed by atoms with Crippen LogP contribution in [0.2, 0.25) is 0 Å². The van der Waals surface area contributed by atoms with Gasteiger partial charge in [0, 0.05) is 24.7 Å². The summed E-state index contributed by atoms with van der Waals surface area (Å²) in [6, 6.07) is 10.1. The van der Waals surface area contributed by atoms with Crippen molar-refractivity contribution in [3.8, 4) is 5.75 Å². The minimum atomic E-state index is -4.08. The Hall–Kier alpha value is -3.67. The summed E-state index contributed by atoms with van der Waals surface area (Å²) < 4.78 is 31.7. The Morgan fingerprint density at radius 3 is 2.34 bits per heavy atom. The van der Waals surface area contributed by atoms with E-state index in [2.05, 4.69) is 5.32 Å². The lowest BCUT2D eigenvalue weighted by atomic mass is 10.1. The maximum Gasteiger partial charge on any atom is 0.271 e. The predicted molar refractivity (Wildman–Crippen MR) is 143 cm³/mol. The van der Waals surface area contributed by atoms with E-state index < -0.39 is 33.4 Å².